The van der Waals surface area contributed by atoms with E-state index in [4.69, 9.17) is 10.8 Å². The minimum atomic E-state index is -0.992. The van der Waals surface area contributed by atoms with E-state index in [-0.39, 0.29) is 6.61 Å². The van der Waals surface area contributed by atoms with Crippen molar-refractivity contribution in [1.82, 2.24) is 4.90 Å². The predicted molar refractivity (Wildman–Crippen MR) is 50.4 cm³/mol. The highest BCUT2D eigenvalue weighted by atomic mass is 16.3. The van der Waals surface area contributed by atoms with Crippen LogP contribution in [0.15, 0.2) is 4.99 Å². The number of nitrogens with zero attached hydrogens (tertiary/aromatic N) is 2. The smallest absolute Gasteiger partial charge is 0.191 e. The van der Waals surface area contributed by atoms with Gasteiger partial charge in [0, 0.05) is 13.1 Å². The Morgan fingerprint density at radius 3 is 2.85 bits per heavy atom. The van der Waals surface area contributed by atoms with Gasteiger partial charge in [-0.15, -0.1) is 0 Å². The van der Waals surface area contributed by atoms with Crippen molar-refractivity contribution in [2.45, 2.75) is 18.9 Å². The molecule has 1 heterocycles. The molecule has 5 heteroatoms. The summed E-state index contributed by atoms with van der Waals surface area (Å²) in [5.74, 6) is 0.451. The second kappa shape index (κ2) is 3.93. The van der Waals surface area contributed by atoms with Gasteiger partial charge in [0.2, 0.25) is 0 Å². The number of hydrogen-bond acceptors (Lipinski definition) is 3. The zero-order valence-corrected chi connectivity index (χ0v) is 7.90. The molecule has 1 fully saturated rings. The molecule has 1 rings (SSSR count). The van der Waals surface area contributed by atoms with Crippen molar-refractivity contribution in [3.8, 4) is 0 Å². The van der Waals surface area contributed by atoms with Gasteiger partial charge >= 0.3 is 0 Å². The summed E-state index contributed by atoms with van der Waals surface area (Å²) in [6, 6.07) is 0. The fourth-order valence-electron chi connectivity index (χ4n) is 1.44. The highest BCUT2D eigenvalue weighted by Gasteiger charge is 2.36. The monoisotopic (exact) mass is 187 g/mol. The van der Waals surface area contributed by atoms with Gasteiger partial charge in [0.1, 0.15) is 5.60 Å². The number of aliphatic hydroxyl groups excluding tert-OH is 1. The molecular formula is C8H17N3O2. The van der Waals surface area contributed by atoms with Gasteiger partial charge in [0.15, 0.2) is 5.96 Å². The number of nitrogens with two attached hydrogens (primary N) is 1. The van der Waals surface area contributed by atoms with E-state index in [0.29, 0.717) is 32.0 Å². The lowest BCUT2D eigenvalue weighted by atomic mass is 10.1. The van der Waals surface area contributed by atoms with Gasteiger partial charge in [-0.1, -0.05) is 0 Å². The predicted octanol–water partition coefficient (Wildman–Crippen LogP) is -1.25. The Balaban J connectivity index is 2.54. The zero-order valence-electron chi connectivity index (χ0n) is 7.90. The van der Waals surface area contributed by atoms with E-state index >= 15 is 0 Å². The fourth-order valence-corrected chi connectivity index (χ4v) is 1.44. The molecule has 5 nitrogen and oxygen atoms in total. The number of β-amino-alcohol motifs (C(OH)–C–C–N with tert-alkyl or cyclic N) is 1. The lowest BCUT2D eigenvalue weighted by Gasteiger charge is -2.21. The van der Waals surface area contributed by atoms with Crippen LogP contribution in [0, 0.1) is 0 Å². The van der Waals surface area contributed by atoms with Crippen LogP contribution in [-0.2, 0) is 0 Å². The van der Waals surface area contributed by atoms with Crippen LogP contribution in [0.1, 0.15) is 13.3 Å². The van der Waals surface area contributed by atoms with Crippen molar-refractivity contribution in [2.75, 3.05) is 26.2 Å². The molecule has 1 aliphatic rings. The molecule has 0 saturated carbocycles. The molecule has 0 aromatic rings. The van der Waals surface area contributed by atoms with Crippen LogP contribution in [0.25, 0.3) is 0 Å². The van der Waals surface area contributed by atoms with Gasteiger partial charge in [-0.3, -0.25) is 4.99 Å². The van der Waals surface area contributed by atoms with Gasteiger partial charge < -0.3 is 20.8 Å². The Kier molecular flexibility index (Phi) is 3.11. The van der Waals surface area contributed by atoms with E-state index in [0.717, 1.165) is 0 Å². The SMILES string of the molecule is CCN=C(N)N1CCC(O)(CO)C1. The number of hydrogen-bond donors (Lipinski definition) is 3. The Morgan fingerprint density at radius 2 is 2.38 bits per heavy atom. The molecule has 1 aliphatic heterocycles. The Hall–Kier alpha value is -0.810. The van der Waals surface area contributed by atoms with Crippen molar-refractivity contribution in [2.24, 2.45) is 10.7 Å². The summed E-state index contributed by atoms with van der Waals surface area (Å²) in [6.07, 6.45) is 0.545. The third-order valence-corrected chi connectivity index (χ3v) is 2.27. The molecule has 1 saturated heterocycles. The third-order valence-electron chi connectivity index (χ3n) is 2.27. The van der Waals surface area contributed by atoms with Crippen LogP contribution >= 0.6 is 0 Å². The van der Waals surface area contributed by atoms with Crippen LogP contribution in [0.5, 0.6) is 0 Å². The maximum absolute atomic E-state index is 9.69. The summed E-state index contributed by atoms with van der Waals surface area (Å²) in [5, 5.41) is 18.6. The summed E-state index contributed by atoms with van der Waals surface area (Å²) in [6.45, 7) is 3.36. The zero-order chi connectivity index (χ0) is 9.90. The summed E-state index contributed by atoms with van der Waals surface area (Å²) in [7, 11) is 0. The molecule has 0 aromatic carbocycles. The lowest BCUT2D eigenvalue weighted by molar-refractivity contribution is -0.00143. The molecule has 76 valence electrons. The number of aliphatic hydroxyl groups is 2. The minimum absolute atomic E-state index is 0.219. The highest BCUT2D eigenvalue weighted by Crippen LogP contribution is 2.19. The minimum Gasteiger partial charge on any atom is -0.393 e. The fraction of sp³-hybridized carbons (Fsp3) is 0.875. The summed E-state index contributed by atoms with van der Waals surface area (Å²) < 4.78 is 0. The maximum atomic E-state index is 9.69. The summed E-state index contributed by atoms with van der Waals surface area (Å²) >= 11 is 0. The van der Waals surface area contributed by atoms with Crippen LogP contribution in [0.2, 0.25) is 0 Å². The molecule has 13 heavy (non-hydrogen) atoms. The quantitative estimate of drug-likeness (QED) is 0.372. The van der Waals surface area contributed by atoms with E-state index in [9.17, 15) is 5.11 Å². The Bertz CT molecular complexity index is 208. The number of likely N-dealkylation sites (tertiary alicyclic amines) is 1. The van der Waals surface area contributed by atoms with E-state index in [1.807, 2.05) is 6.92 Å². The molecule has 0 aliphatic carbocycles. The average Bonchev–Trinajstić information content (AvgIpc) is 2.50. The van der Waals surface area contributed by atoms with Crippen LogP contribution < -0.4 is 5.73 Å². The van der Waals surface area contributed by atoms with E-state index < -0.39 is 5.60 Å². The molecule has 4 N–H and O–H groups in total. The second-order valence-electron chi connectivity index (χ2n) is 3.39. The number of guanidine groups is 1. The van der Waals surface area contributed by atoms with E-state index in [2.05, 4.69) is 4.99 Å². The van der Waals surface area contributed by atoms with Crippen molar-refractivity contribution in [1.29, 1.82) is 0 Å². The van der Waals surface area contributed by atoms with Gasteiger partial charge in [0.25, 0.3) is 0 Å². The summed E-state index contributed by atoms with van der Waals surface area (Å²) in [4.78, 5) is 5.83. The average molecular weight is 187 g/mol. The van der Waals surface area contributed by atoms with Gasteiger partial charge in [-0.25, -0.2) is 0 Å². The normalized spacial score (nSPS) is 29.8. The molecule has 0 bridgehead atoms. The molecule has 1 unspecified atom stereocenters. The van der Waals surface area contributed by atoms with E-state index in [1.165, 1.54) is 0 Å². The van der Waals surface area contributed by atoms with Crippen LogP contribution in [-0.4, -0.2) is 52.9 Å². The molecule has 0 radical (unpaired) electrons. The van der Waals surface area contributed by atoms with Crippen LogP contribution in [0.3, 0.4) is 0 Å². The van der Waals surface area contributed by atoms with Gasteiger partial charge in [-0.2, -0.15) is 0 Å². The van der Waals surface area contributed by atoms with Crippen molar-refractivity contribution < 1.29 is 10.2 Å². The molecule has 0 spiro atoms. The highest BCUT2D eigenvalue weighted by molar-refractivity contribution is 5.78. The topological polar surface area (TPSA) is 82.1 Å². The first-order valence-corrected chi connectivity index (χ1v) is 4.49. The lowest BCUT2D eigenvalue weighted by Crippen LogP contribution is -2.41. The van der Waals surface area contributed by atoms with Crippen molar-refractivity contribution in [3.63, 3.8) is 0 Å². The second-order valence-corrected chi connectivity index (χ2v) is 3.39. The Labute approximate surface area is 77.9 Å². The van der Waals surface area contributed by atoms with Gasteiger partial charge in [-0.05, 0) is 13.3 Å². The maximum Gasteiger partial charge on any atom is 0.191 e. The Morgan fingerprint density at radius 1 is 1.69 bits per heavy atom. The first kappa shape index (κ1) is 10.3. The number of aliphatic imine (C=N–C) groups is 1. The van der Waals surface area contributed by atoms with Crippen molar-refractivity contribution >= 4 is 5.96 Å². The van der Waals surface area contributed by atoms with Crippen LogP contribution in [0.4, 0.5) is 0 Å². The third kappa shape index (κ3) is 2.32. The van der Waals surface area contributed by atoms with Gasteiger partial charge in [0.05, 0.1) is 13.2 Å². The molecule has 0 aromatic heterocycles. The first-order chi connectivity index (χ1) is 6.11. The molecular weight excluding hydrogens is 170 g/mol. The molecule has 1 atom stereocenters. The summed E-state index contributed by atoms with van der Waals surface area (Å²) in [5.41, 5.74) is 4.66. The first-order valence-electron chi connectivity index (χ1n) is 4.49. The largest absolute Gasteiger partial charge is 0.393 e. The van der Waals surface area contributed by atoms with Crippen molar-refractivity contribution in [3.05, 3.63) is 0 Å². The van der Waals surface area contributed by atoms with E-state index in [1.54, 1.807) is 4.90 Å². The molecule has 0 amide bonds. The number of rotatable bonds is 2. The standard InChI is InChI=1S/C8H17N3O2/c1-2-10-7(9)11-4-3-8(13,5-11)6-12/h12-13H,2-6H2,1H3,(H2,9,10).